The minimum atomic E-state index is -0.399. The molecule has 1 amide bonds. The molecule has 1 aromatic carbocycles. The Bertz CT molecular complexity index is 568. The molecule has 2 aromatic rings. The van der Waals surface area contributed by atoms with E-state index in [-0.39, 0.29) is 5.54 Å². The molecular formula is C15H21N3O3. The highest BCUT2D eigenvalue weighted by Crippen LogP contribution is 2.17. The maximum absolute atomic E-state index is 11.4. The van der Waals surface area contributed by atoms with E-state index in [1.165, 1.54) is 0 Å². The van der Waals surface area contributed by atoms with Crippen LogP contribution < -0.4 is 10.6 Å². The second kappa shape index (κ2) is 6.47. The third-order valence-corrected chi connectivity index (χ3v) is 2.60. The number of benzene rings is 1. The van der Waals surface area contributed by atoms with Gasteiger partial charge in [-0.1, -0.05) is 12.1 Å². The number of ether oxygens (including phenoxy) is 1. The SMILES string of the molecule is CC(C)(C)NC(=O)OCCCNc1nc2ccccc2o1. The number of rotatable bonds is 5. The molecule has 0 atom stereocenters. The van der Waals surface area contributed by atoms with E-state index >= 15 is 0 Å². The van der Waals surface area contributed by atoms with Crippen molar-refractivity contribution >= 4 is 23.2 Å². The maximum atomic E-state index is 11.4. The van der Waals surface area contributed by atoms with E-state index < -0.39 is 6.09 Å². The predicted octanol–water partition coefficient (Wildman–Crippen LogP) is 3.15. The third-order valence-electron chi connectivity index (χ3n) is 2.60. The van der Waals surface area contributed by atoms with E-state index in [9.17, 15) is 4.79 Å². The van der Waals surface area contributed by atoms with Crippen molar-refractivity contribution < 1.29 is 13.9 Å². The number of nitrogens with one attached hydrogen (secondary N) is 2. The number of amides is 1. The van der Waals surface area contributed by atoms with Gasteiger partial charge in [-0.2, -0.15) is 4.98 Å². The van der Waals surface area contributed by atoms with Crippen LogP contribution in [0.1, 0.15) is 27.2 Å². The highest BCUT2D eigenvalue weighted by atomic mass is 16.5. The van der Waals surface area contributed by atoms with Crippen LogP contribution in [0.2, 0.25) is 0 Å². The Kier molecular flexibility index (Phi) is 4.67. The van der Waals surface area contributed by atoms with Crippen LogP contribution in [0.5, 0.6) is 0 Å². The molecule has 0 fully saturated rings. The van der Waals surface area contributed by atoms with Crippen LogP contribution in [0, 0.1) is 0 Å². The number of fused-ring (bicyclic) bond motifs is 1. The predicted molar refractivity (Wildman–Crippen MR) is 81.4 cm³/mol. The van der Waals surface area contributed by atoms with Crippen molar-refractivity contribution in [2.45, 2.75) is 32.7 Å². The molecule has 1 heterocycles. The highest BCUT2D eigenvalue weighted by Gasteiger charge is 2.14. The zero-order valence-electron chi connectivity index (χ0n) is 12.6. The fourth-order valence-corrected chi connectivity index (χ4v) is 1.72. The van der Waals surface area contributed by atoms with Gasteiger partial charge >= 0.3 is 6.09 Å². The quantitative estimate of drug-likeness (QED) is 0.828. The summed E-state index contributed by atoms with van der Waals surface area (Å²) in [6.45, 7) is 6.68. The van der Waals surface area contributed by atoms with Crippen LogP contribution in [0.3, 0.4) is 0 Å². The second-order valence-electron chi connectivity index (χ2n) is 5.78. The molecule has 0 saturated carbocycles. The number of anilines is 1. The number of nitrogens with zero attached hydrogens (tertiary/aromatic N) is 1. The van der Waals surface area contributed by atoms with Crippen LogP contribution >= 0.6 is 0 Å². The number of carbonyl (C=O) groups excluding carboxylic acids is 1. The van der Waals surface area contributed by atoms with Gasteiger partial charge < -0.3 is 19.8 Å². The average Bonchev–Trinajstić information content (AvgIpc) is 2.78. The van der Waals surface area contributed by atoms with Crippen LogP contribution in [0.15, 0.2) is 28.7 Å². The lowest BCUT2D eigenvalue weighted by Crippen LogP contribution is -2.41. The van der Waals surface area contributed by atoms with Gasteiger partial charge in [0.15, 0.2) is 5.58 Å². The molecule has 6 heteroatoms. The summed E-state index contributed by atoms with van der Waals surface area (Å²) in [5.41, 5.74) is 1.29. The standard InChI is InChI=1S/C15H21N3O3/c1-15(2,3)18-14(19)20-10-6-9-16-13-17-11-7-4-5-8-12(11)21-13/h4-5,7-8H,6,9-10H2,1-3H3,(H,16,17)(H,18,19). The molecule has 0 spiro atoms. The molecule has 0 saturated heterocycles. The first-order chi connectivity index (χ1) is 9.94. The number of alkyl carbamates (subject to hydrolysis) is 1. The summed E-state index contributed by atoms with van der Waals surface area (Å²) < 4.78 is 10.6. The molecule has 0 bridgehead atoms. The van der Waals surface area contributed by atoms with Crippen molar-refractivity contribution in [3.63, 3.8) is 0 Å². The summed E-state index contributed by atoms with van der Waals surface area (Å²) in [6, 6.07) is 8.06. The van der Waals surface area contributed by atoms with Crippen molar-refractivity contribution in [3.8, 4) is 0 Å². The summed E-state index contributed by atoms with van der Waals surface area (Å²) >= 11 is 0. The molecule has 6 nitrogen and oxygen atoms in total. The molecule has 0 aliphatic rings. The lowest BCUT2D eigenvalue weighted by atomic mass is 10.1. The summed E-state index contributed by atoms with van der Waals surface area (Å²) in [7, 11) is 0. The van der Waals surface area contributed by atoms with Crippen LogP contribution in [0.4, 0.5) is 10.8 Å². The number of aromatic nitrogens is 1. The van der Waals surface area contributed by atoms with Crippen LogP contribution in [-0.2, 0) is 4.74 Å². The normalized spacial score (nSPS) is 11.4. The smallest absolute Gasteiger partial charge is 0.407 e. The molecule has 0 aliphatic heterocycles. The van der Waals surface area contributed by atoms with Crippen molar-refractivity contribution in [2.75, 3.05) is 18.5 Å². The van der Waals surface area contributed by atoms with Gasteiger partial charge in [0, 0.05) is 12.1 Å². The van der Waals surface area contributed by atoms with E-state index in [1.807, 2.05) is 45.0 Å². The Labute approximate surface area is 123 Å². The molecule has 1 aromatic heterocycles. The van der Waals surface area contributed by atoms with Gasteiger partial charge in [0.05, 0.1) is 6.61 Å². The molecule has 2 rings (SSSR count). The summed E-state index contributed by atoms with van der Waals surface area (Å²) in [5, 5.41) is 5.80. The molecule has 0 unspecified atom stereocenters. The van der Waals surface area contributed by atoms with Gasteiger partial charge in [0.1, 0.15) is 5.52 Å². The van der Waals surface area contributed by atoms with Gasteiger partial charge in [-0.25, -0.2) is 4.79 Å². The number of carbonyl (C=O) groups is 1. The molecule has 21 heavy (non-hydrogen) atoms. The van der Waals surface area contributed by atoms with E-state index in [1.54, 1.807) is 0 Å². The topological polar surface area (TPSA) is 76.4 Å². The molecular weight excluding hydrogens is 270 g/mol. The van der Waals surface area contributed by atoms with Gasteiger partial charge in [-0.15, -0.1) is 0 Å². The van der Waals surface area contributed by atoms with Crippen molar-refractivity contribution in [2.24, 2.45) is 0 Å². The zero-order valence-corrected chi connectivity index (χ0v) is 12.6. The Morgan fingerprint density at radius 3 is 2.81 bits per heavy atom. The first-order valence-corrected chi connectivity index (χ1v) is 6.98. The van der Waals surface area contributed by atoms with Gasteiger partial charge in [-0.3, -0.25) is 0 Å². The third kappa shape index (κ3) is 4.98. The fourth-order valence-electron chi connectivity index (χ4n) is 1.72. The van der Waals surface area contributed by atoms with Gasteiger partial charge in [0.25, 0.3) is 6.01 Å². The monoisotopic (exact) mass is 291 g/mol. The second-order valence-corrected chi connectivity index (χ2v) is 5.78. The number of oxazole rings is 1. The maximum Gasteiger partial charge on any atom is 0.407 e. The van der Waals surface area contributed by atoms with E-state index in [4.69, 9.17) is 9.15 Å². The molecule has 0 aliphatic carbocycles. The van der Waals surface area contributed by atoms with Crippen LogP contribution in [0.25, 0.3) is 11.1 Å². The Morgan fingerprint density at radius 2 is 2.10 bits per heavy atom. The molecule has 0 radical (unpaired) electrons. The van der Waals surface area contributed by atoms with Gasteiger partial charge in [0.2, 0.25) is 0 Å². The zero-order chi connectivity index (χ0) is 15.3. The average molecular weight is 291 g/mol. The van der Waals surface area contributed by atoms with Crippen molar-refractivity contribution in [3.05, 3.63) is 24.3 Å². The number of para-hydroxylation sites is 2. The van der Waals surface area contributed by atoms with Crippen molar-refractivity contribution in [1.82, 2.24) is 10.3 Å². The Morgan fingerprint density at radius 1 is 1.33 bits per heavy atom. The fraction of sp³-hybridized carbons (Fsp3) is 0.467. The number of hydrogen-bond donors (Lipinski definition) is 2. The van der Waals surface area contributed by atoms with E-state index in [2.05, 4.69) is 15.6 Å². The summed E-state index contributed by atoms with van der Waals surface area (Å²) in [6.07, 6.45) is 0.278. The minimum Gasteiger partial charge on any atom is -0.449 e. The minimum absolute atomic E-state index is 0.284. The molecule has 2 N–H and O–H groups in total. The van der Waals surface area contributed by atoms with E-state index in [0.717, 1.165) is 11.1 Å². The first-order valence-electron chi connectivity index (χ1n) is 6.98. The first kappa shape index (κ1) is 15.2. The molecule has 114 valence electrons. The number of hydrogen-bond acceptors (Lipinski definition) is 5. The van der Waals surface area contributed by atoms with E-state index in [0.29, 0.717) is 25.6 Å². The summed E-state index contributed by atoms with van der Waals surface area (Å²) in [4.78, 5) is 15.7. The Balaban J connectivity index is 1.67. The van der Waals surface area contributed by atoms with Crippen molar-refractivity contribution in [1.29, 1.82) is 0 Å². The highest BCUT2D eigenvalue weighted by molar-refractivity contribution is 5.74. The lowest BCUT2D eigenvalue weighted by Gasteiger charge is -2.19. The van der Waals surface area contributed by atoms with Crippen LogP contribution in [-0.4, -0.2) is 29.8 Å². The lowest BCUT2D eigenvalue weighted by molar-refractivity contribution is 0.137. The Hall–Kier alpha value is -2.24. The largest absolute Gasteiger partial charge is 0.449 e. The summed E-state index contributed by atoms with van der Waals surface area (Å²) in [5.74, 6) is 0. The van der Waals surface area contributed by atoms with Gasteiger partial charge in [-0.05, 0) is 39.3 Å².